The maximum atomic E-state index is 9.71. The van der Waals surface area contributed by atoms with Crippen LogP contribution in [0.1, 0.15) is 38.5 Å². The van der Waals surface area contributed by atoms with Crippen molar-refractivity contribution in [2.75, 3.05) is 0 Å². The van der Waals surface area contributed by atoms with Gasteiger partial charge in [-0.25, -0.2) is 0 Å². The molecule has 2 aliphatic carbocycles. The van der Waals surface area contributed by atoms with Crippen LogP contribution in [0.2, 0.25) is 0 Å². The summed E-state index contributed by atoms with van der Waals surface area (Å²) in [5.74, 6) is 1.11. The Morgan fingerprint density at radius 2 is 1.75 bits per heavy atom. The maximum absolute atomic E-state index is 9.71. The van der Waals surface area contributed by atoms with Crippen LogP contribution in [0.25, 0.3) is 0 Å². The molecule has 2 fully saturated rings. The average Bonchev–Trinajstić information content (AvgIpc) is 2.04. The fourth-order valence-corrected chi connectivity index (χ4v) is 2.90. The molecule has 0 aromatic rings. The summed E-state index contributed by atoms with van der Waals surface area (Å²) in [5, 5.41) is 19.2. The van der Waals surface area contributed by atoms with Crippen LogP contribution in [0, 0.1) is 11.8 Å². The second-order valence-corrected chi connectivity index (χ2v) is 4.39. The largest absolute Gasteiger partial charge is 0.393 e. The van der Waals surface area contributed by atoms with Crippen molar-refractivity contribution in [2.45, 2.75) is 50.7 Å². The van der Waals surface area contributed by atoms with Gasteiger partial charge in [-0.1, -0.05) is 6.42 Å². The van der Waals surface area contributed by atoms with Crippen molar-refractivity contribution in [3.05, 3.63) is 0 Å². The van der Waals surface area contributed by atoms with E-state index in [0.29, 0.717) is 11.8 Å². The first kappa shape index (κ1) is 8.52. The van der Waals surface area contributed by atoms with E-state index in [1.165, 1.54) is 6.42 Å². The van der Waals surface area contributed by atoms with Gasteiger partial charge in [0.05, 0.1) is 12.2 Å². The first-order chi connectivity index (χ1) is 5.77. The van der Waals surface area contributed by atoms with E-state index >= 15 is 0 Å². The Bertz CT molecular complexity index is 158. The third-order valence-corrected chi connectivity index (χ3v) is 3.58. The van der Waals surface area contributed by atoms with Crippen molar-refractivity contribution >= 4 is 0 Å². The second kappa shape index (κ2) is 3.35. The lowest BCUT2D eigenvalue weighted by atomic mass is 9.69. The van der Waals surface area contributed by atoms with Crippen LogP contribution in [-0.4, -0.2) is 22.4 Å². The van der Waals surface area contributed by atoms with E-state index in [4.69, 9.17) is 0 Å². The number of rotatable bonds is 0. The first-order valence-electron chi connectivity index (χ1n) is 5.13. The van der Waals surface area contributed by atoms with Gasteiger partial charge in [0.2, 0.25) is 0 Å². The van der Waals surface area contributed by atoms with E-state index in [-0.39, 0.29) is 12.2 Å². The highest BCUT2D eigenvalue weighted by Crippen LogP contribution is 2.40. The molecule has 4 unspecified atom stereocenters. The summed E-state index contributed by atoms with van der Waals surface area (Å²) in [6.07, 6.45) is 6.06. The normalized spacial score (nSPS) is 48.5. The molecule has 70 valence electrons. The molecule has 0 bridgehead atoms. The summed E-state index contributed by atoms with van der Waals surface area (Å²) in [7, 11) is 0. The van der Waals surface area contributed by atoms with E-state index in [2.05, 4.69) is 0 Å². The fourth-order valence-electron chi connectivity index (χ4n) is 2.90. The standard InChI is InChI=1S/C10H18O2/c11-8-4-5-9-7(6-8)2-1-3-10(9)12/h7-12H,1-6H2. The van der Waals surface area contributed by atoms with Gasteiger partial charge in [-0.3, -0.25) is 0 Å². The van der Waals surface area contributed by atoms with Crippen molar-refractivity contribution in [3.63, 3.8) is 0 Å². The van der Waals surface area contributed by atoms with E-state index in [1.54, 1.807) is 0 Å². The van der Waals surface area contributed by atoms with Crippen molar-refractivity contribution in [3.8, 4) is 0 Å². The molecule has 0 aliphatic heterocycles. The quantitative estimate of drug-likeness (QED) is 0.575. The molecule has 2 nitrogen and oxygen atoms in total. The van der Waals surface area contributed by atoms with Gasteiger partial charge in [-0.2, -0.15) is 0 Å². The number of aliphatic hydroxyl groups excluding tert-OH is 2. The summed E-state index contributed by atoms with van der Waals surface area (Å²) >= 11 is 0. The lowest BCUT2D eigenvalue weighted by Crippen LogP contribution is -2.38. The van der Waals surface area contributed by atoms with Crippen LogP contribution < -0.4 is 0 Å². The Hall–Kier alpha value is -0.0800. The van der Waals surface area contributed by atoms with Gasteiger partial charge < -0.3 is 10.2 Å². The highest BCUT2D eigenvalue weighted by molar-refractivity contribution is 4.87. The second-order valence-electron chi connectivity index (χ2n) is 4.39. The minimum Gasteiger partial charge on any atom is -0.393 e. The number of aliphatic hydroxyl groups is 2. The van der Waals surface area contributed by atoms with Crippen LogP contribution in [0.15, 0.2) is 0 Å². The Morgan fingerprint density at radius 3 is 2.58 bits per heavy atom. The van der Waals surface area contributed by atoms with Gasteiger partial charge in [-0.15, -0.1) is 0 Å². The minimum absolute atomic E-state index is 0.0729. The molecule has 2 saturated carbocycles. The molecule has 0 aromatic heterocycles. The summed E-state index contributed by atoms with van der Waals surface area (Å²) in [4.78, 5) is 0. The number of fused-ring (bicyclic) bond motifs is 1. The summed E-state index contributed by atoms with van der Waals surface area (Å²) < 4.78 is 0. The molecular formula is C10H18O2. The first-order valence-corrected chi connectivity index (χ1v) is 5.13. The summed E-state index contributed by atoms with van der Waals surface area (Å²) in [5.41, 5.74) is 0. The van der Waals surface area contributed by atoms with Gasteiger partial charge in [-0.05, 0) is 43.9 Å². The van der Waals surface area contributed by atoms with Crippen molar-refractivity contribution in [1.29, 1.82) is 0 Å². The maximum Gasteiger partial charge on any atom is 0.0571 e. The van der Waals surface area contributed by atoms with Crippen LogP contribution in [0.5, 0.6) is 0 Å². The molecule has 2 rings (SSSR count). The van der Waals surface area contributed by atoms with Crippen LogP contribution in [0.3, 0.4) is 0 Å². The molecule has 4 atom stereocenters. The molecule has 2 aliphatic rings. The highest BCUT2D eigenvalue weighted by atomic mass is 16.3. The zero-order chi connectivity index (χ0) is 8.55. The van der Waals surface area contributed by atoms with Gasteiger partial charge in [0.25, 0.3) is 0 Å². The van der Waals surface area contributed by atoms with Crippen LogP contribution in [-0.2, 0) is 0 Å². The zero-order valence-corrected chi connectivity index (χ0v) is 7.45. The molecule has 0 saturated heterocycles. The molecule has 12 heavy (non-hydrogen) atoms. The lowest BCUT2D eigenvalue weighted by Gasteiger charge is -2.40. The number of hydrogen-bond acceptors (Lipinski definition) is 2. The third-order valence-electron chi connectivity index (χ3n) is 3.58. The van der Waals surface area contributed by atoms with Gasteiger partial charge in [0, 0.05) is 0 Å². The molecule has 2 heteroatoms. The summed E-state index contributed by atoms with van der Waals surface area (Å²) in [6, 6.07) is 0. The monoisotopic (exact) mass is 170 g/mol. The van der Waals surface area contributed by atoms with Gasteiger partial charge >= 0.3 is 0 Å². The Labute approximate surface area is 73.6 Å². The van der Waals surface area contributed by atoms with Crippen molar-refractivity contribution in [1.82, 2.24) is 0 Å². The third kappa shape index (κ3) is 1.50. The smallest absolute Gasteiger partial charge is 0.0571 e. The molecule has 2 N–H and O–H groups in total. The minimum atomic E-state index is -0.0865. The Balaban J connectivity index is 1.99. The van der Waals surface area contributed by atoms with E-state index in [1.807, 2.05) is 0 Å². The topological polar surface area (TPSA) is 40.5 Å². The molecule has 0 spiro atoms. The predicted octanol–water partition coefficient (Wildman–Crippen LogP) is 1.31. The average molecular weight is 170 g/mol. The molecular weight excluding hydrogens is 152 g/mol. The van der Waals surface area contributed by atoms with Gasteiger partial charge in [0.1, 0.15) is 0 Å². The van der Waals surface area contributed by atoms with Gasteiger partial charge in [0.15, 0.2) is 0 Å². The van der Waals surface area contributed by atoms with Crippen LogP contribution >= 0.6 is 0 Å². The lowest BCUT2D eigenvalue weighted by molar-refractivity contribution is -0.0257. The fraction of sp³-hybridized carbons (Fsp3) is 1.00. The zero-order valence-electron chi connectivity index (χ0n) is 7.45. The predicted molar refractivity (Wildman–Crippen MR) is 46.7 cm³/mol. The molecule has 0 heterocycles. The SMILES string of the molecule is OC1CCC2C(O)CCCC2C1. The van der Waals surface area contributed by atoms with Crippen molar-refractivity contribution < 1.29 is 10.2 Å². The molecule has 0 aromatic carbocycles. The molecule has 0 radical (unpaired) electrons. The summed E-state index contributed by atoms with van der Waals surface area (Å²) in [6.45, 7) is 0. The highest BCUT2D eigenvalue weighted by Gasteiger charge is 2.36. The van der Waals surface area contributed by atoms with Crippen molar-refractivity contribution in [2.24, 2.45) is 11.8 Å². The van der Waals surface area contributed by atoms with E-state index in [9.17, 15) is 10.2 Å². The van der Waals surface area contributed by atoms with E-state index in [0.717, 1.165) is 32.1 Å². The molecule has 0 amide bonds. The number of hydrogen-bond donors (Lipinski definition) is 2. The Kier molecular flexibility index (Phi) is 2.37. The van der Waals surface area contributed by atoms with E-state index < -0.39 is 0 Å². The van der Waals surface area contributed by atoms with Crippen LogP contribution in [0.4, 0.5) is 0 Å². The Morgan fingerprint density at radius 1 is 0.917 bits per heavy atom.